The van der Waals surface area contributed by atoms with Gasteiger partial charge in [0.2, 0.25) is 11.7 Å². The van der Waals surface area contributed by atoms with Crippen LogP contribution in [0.3, 0.4) is 0 Å². The van der Waals surface area contributed by atoms with Crippen molar-refractivity contribution in [2.75, 3.05) is 0 Å². The van der Waals surface area contributed by atoms with E-state index >= 15 is 0 Å². The molecule has 2 aromatic rings. The second kappa shape index (κ2) is 5.10. The lowest BCUT2D eigenvalue weighted by atomic mass is 10.1. The lowest BCUT2D eigenvalue weighted by molar-refractivity contribution is 0.362. The number of hydrogen-bond acceptors (Lipinski definition) is 4. The molecule has 1 heterocycles. The van der Waals surface area contributed by atoms with Crippen LogP contribution in [0.1, 0.15) is 25.3 Å². The smallest absolute Gasteiger partial charge is 0.240 e. The fourth-order valence-electron chi connectivity index (χ4n) is 1.52. The molecule has 17 heavy (non-hydrogen) atoms. The van der Waals surface area contributed by atoms with Gasteiger partial charge in [-0.1, -0.05) is 42.8 Å². The maximum atomic E-state index is 5.19. The lowest BCUT2D eigenvalue weighted by Crippen LogP contribution is -2.21. The molecule has 0 aliphatic rings. The summed E-state index contributed by atoms with van der Waals surface area (Å²) in [5.41, 5.74) is 2.18. The number of aryl methyl sites for hydroxylation is 1. The average molecular weight is 231 g/mol. The molecule has 90 valence electrons. The van der Waals surface area contributed by atoms with E-state index in [0.29, 0.717) is 24.3 Å². The van der Waals surface area contributed by atoms with Crippen molar-refractivity contribution < 1.29 is 4.52 Å². The molecular formula is C13H17N3O. The Morgan fingerprint density at radius 2 is 2.18 bits per heavy atom. The van der Waals surface area contributed by atoms with Gasteiger partial charge in [0.05, 0.1) is 6.54 Å². The third-order valence-corrected chi connectivity index (χ3v) is 2.41. The first kappa shape index (κ1) is 11.8. The predicted octanol–water partition coefficient (Wildman–Crippen LogP) is 2.54. The molecule has 0 spiro atoms. The Bertz CT molecular complexity index is 491. The van der Waals surface area contributed by atoms with E-state index in [1.54, 1.807) is 0 Å². The van der Waals surface area contributed by atoms with E-state index in [4.69, 9.17) is 4.52 Å². The largest absolute Gasteiger partial charge is 0.338 e. The Kier molecular flexibility index (Phi) is 3.54. The topological polar surface area (TPSA) is 51.0 Å². The molecule has 0 aliphatic heterocycles. The number of aromatic nitrogens is 2. The SMILES string of the molecule is Cc1cccc(-c2noc(CNC(C)C)n2)c1. The van der Waals surface area contributed by atoms with E-state index in [2.05, 4.69) is 29.3 Å². The van der Waals surface area contributed by atoms with E-state index in [-0.39, 0.29) is 0 Å². The molecule has 0 radical (unpaired) electrons. The molecule has 0 saturated carbocycles. The standard InChI is InChI=1S/C13H17N3O/c1-9(2)14-8-12-15-13(16-17-12)11-6-4-5-10(3)7-11/h4-7,9,14H,8H2,1-3H3. The monoisotopic (exact) mass is 231 g/mol. The highest BCUT2D eigenvalue weighted by atomic mass is 16.5. The van der Waals surface area contributed by atoms with Crippen LogP contribution in [0.2, 0.25) is 0 Å². The first-order valence-corrected chi connectivity index (χ1v) is 5.78. The van der Waals surface area contributed by atoms with Crippen molar-refractivity contribution in [2.24, 2.45) is 0 Å². The Balaban J connectivity index is 2.12. The lowest BCUT2D eigenvalue weighted by Gasteiger charge is -2.02. The number of rotatable bonds is 4. The number of benzene rings is 1. The van der Waals surface area contributed by atoms with E-state index in [1.807, 2.05) is 31.2 Å². The van der Waals surface area contributed by atoms with Crippen molar-refractivity contribution in [3.8, 4) is 11.4 Å². The molecule has 1 aromatic heterocycles. The summed E-state index contributed by atoms with van der Waals surface area (Å²) in [6.07, 6.45) is 0. The van der Waals surface area contributed by atoms with Crippen LogP contribution < -0.4 is 5.32 Å². The Morgan fingerprint density at radius 1 is 1.35 bits per heavy atom. The van der Waals surface area contributed by atoms with E-state index in [1.165, 1.54) is 5.56 Å². The second-order valence-corrected chi connectivity index (χ2v) is 4.42. The summed E-state index contributed by atoms with van der Waals surface area (Å²) in [7, 11) is 0. The summed E-state index contributed by atoms with van der Waals surface area (Å²) in [5, 5.41) is 7.22. The first-order chi connectivity index (χ1) is 8.15. The van der Waals surface area contributed by atoms with Crippen LogP contribution >= 0.6 is 0 Å². The Labute approximate surface area is 101 Å². The zero-order chi connectivity index (χ0) is 12.3. The van der Waals surface area contributed by atoms with Crippen molar-refractivity contribution in [1.29, 1.82) is 0 Å². The normalized spacial score (nSPS) is 11.1. The van der Waals surface area contributed by atoms with Crippen LogP contribution in [-0.4, -0.2) is 16.2 Å². The summed E-state index contributed by atoms with van der Waals surface area (Å²) >= 11 is 0. The molecule has 4 nitrogen and oxygen atoms in total. The van der Waals surface area contributed by atoms with Crippen molar-refractivity contribution in [3.63, 3.8) is 0 Å². The van der Waals surface area contributed by atoms with Crippen molar-refractivity contribution in [1.82, 2.24) is 15.5 Å². The zero-order valence-electron chi connectivity index (χ0n) is 10.4. The third kappa shape index (κ3) is 3.14. The van der Waals surface area contributed by atoms with Gasteiger partial charge >= 0.3 is 0 Å². The van der Waals surface area contributed by atoms with Gasteiger partial charge in [-0.15, -0.1) is 0 Å². The summed E-state index contributed by atoms with van der Waals surface area (Å²) in [5.74, 6) is 1.27. The summed E-state index contributed by atoms with van der Waals surface area (Å²) in [4.78, 5) is 4.35. The summed E-state index contributed by atoms with van der Waals surface area (Å²) in [6.45, 7) is 6.82. The molecule has 4 heteroatoms. The van der Waals surface area contributed by atoms with Gasteiger partial charge in [-0.05, 0) is 13.0 Å². The van der Waals surface area contributed by atoms with Gasteiger partial charge in [0.15, 0.2) is 0 Å². The minimum atomic E-state index is 0.407. The number of nitrogens with one attached hydrogen (secondary N) is 1. The summed E-state index contributed by atoms with van der Waals surface area (Å²) in [6, 6.07) is 8.48. The zero-order valence-corrected chi connectivity index (χ0v) is 10.4. The Morgan fingerprint density at radius 3 is 2.88 bits per heavy atom. The molecule has 1 N–H and O–H groups in total. The molecule has 0 saturated heterocycles. The minimum absolute atomic E-state index is 0.407. The highest BCUT2D eigenvalue weighted by molar-refractivity contribution is 5.55. The minimum Gasteiger partial charge on any atom is -0.338 e. The van der Waals surface area contributed by atoms with Gasteiger partial charge in [0.1, 0.15) is 0 Å². The van der Waals surface area contributed by atoms with Crippen molar-refractivity contribution >= 4 is 0 Å². The average Bonchev–Trinajstić information content (AvgIpc) is 2.75. The fourth-order valence-corrected chi connectivity index (χ4v) is 1.52. The van der Waals surface area contributed by atoms with Gasteiger partial charge in [-0.3, -0.25) is 0 Å². The Hall–Kier alpha value is -1.68. The summed E-state index contributed by atoms with van der Waals surface area (Å²) < 4.78 is 5.19. The maximum absolute atomic E-state index is 5.19. The molecular weight excluding hydrogens is 214 g/mol. The molecule has 2 rings (SSSR count). The van der Waals surface area contributed by atoms with Crippen molar-refractivity contribution in [3.05, 3.63) is 35.7 Å². The highest BCUT2D eigenvalue weighted by Gasteiger charge is 2.08. The highest BCUT2D eigenvalue weighted by Crippen LogP contribution is 2.16. The molecule has 0 atom stereocenters. The van der Waals surface area contributed by atoms with Gasteiger partial charge in [-0.25, -0.2) is 0 Å². The van der Waals surface area contributed by atoms with Crippen LogP contribution in [-0.2, 0) is 6.54 Å². The number of hydrogen-bond donors (Lipinski definition) is 1. The maximum Gasteiger partial charge on any atom is 0.240 e. The predicted molar refractivity (Wildman–Crippen MR) is 66.4 cm³/mol. The quantitative estimate of drug-likeness (QED) is 0.878. The van der Waals surface area contributed by atoms with Crippen LogP contribution in [0.25, 0.3) is 11.4 Å². The number of nitrogens with zero attached hydrogens (tertiary/aromatic N) is 2. The van der Waals surface area contributed by atoms with E-state index < -0.39 is 0 Å². The molecule has 0 unspecified atom stereocenters. The van der Waals surface area contributed by atoms with Gasteiger partial charge in [0.25, 0.3) is 0 Å². The molecule has 1 aromatic carbocycles. The molecule has 0 aliphatic carbocycles. The first-order valence-electron chi connectivity index (χ1n) is 5.78. The molecule has 0 bridgehead atoms. The van der Waals surface area contributed by atoms with E-state index in [0.717, 1.165) is 5.56 Å². The van der Waals surface area contributed by atoms with Gasteiger partial charge < -0.3 is 9.84 Å². The van der Waals surface area contributed by atoms with Crippen molar-refractivity contribution in [2.45, 2.75) is 33.4 Å². The van der Waals surface area contributed by atoms with Crippen LogP contribution in [0, 0.1) is 6.92 Å². The van der Waals surface area contributed by atoms with Crippen LogP contribution in [0.4, 0.5) is 0 Å². The van der Waals surface area contributed by atoms with E-state index in [9.17, 15) is 0 Å². The second-order valence-electron chi connectivity index (χ2n) is 4.42. The van der Waals surface area contributed by atoms with Crippen LogP contribution in [0.5, 0.6) is 0 Å². The van der Waals surface area contributed by atoms with Gasteiger partial charge in [-0.2, -0.15) is 4.98 Å². The fraction of sp³-hybridized carbons (Fsp3) is 0.385. The third-order valence-electron chi connectivity index (χ3n) is 2.41. The molecule has 0 amide bonds. The molecule has 0 fully saturated rings. The van der Waals surface area contributed by atoms with Gasteiger partial charge in [0, 0.05) is 11.6 Å². The van der Waals surface area contributed by atoms with Crippen LogP contribution in [0.15, 0.2) is 28.8 Å².